The van der Waals surface area contributed by atoms with Gasteiger partial charge in [0, 0.05) is 27.9 Å². The van der Waals surface area contributed by atoms with Crippen LogP contribution in [0.4, 0.5) is 10.5 Å². The Morgan fingerprint density at radius 3 is 2.42 bits per heavy atom. The smallest absolute Gasteiger partial charge is 0.319 e. The summed E-state index contributed by atoms with van der Waals surface area (Å²) in [4.78, 5) is 16.3. The number of anilines is 1. The molecule has 0 aliphatic carbocycles. The second-order valence-electron chi connectivity index (χ2n) is 5.92. The normalized spacial score (nSPS) is 11.8. The average molecular weight is 371 g/mol. The largest absolute Gasteiger partial charge is 0.335 e. The molecular formula is C19H19ClN4O2. The van der Waals surface area contributed by atoms with Gasteiger partial charge in [-0.3, -0.25) is 0 Å². The summed E-state index contributed by atoms with van der Waals surface area (Å²) in [5.41, 5.74) is 2.28. The van der Waals surface area contributed by atoms with Gasteiger partial charge in [-0.15, -0.1) is 0 Å². The summed E-state index contributed by atoms with van der Waals surface area (Å²) in [5.74, 6) is 0.900. The van der Waals surface area contributed by atoms with Crippen molar-refractivity contribution in [2.45, 2.75) is 26.3 Å². The molecule has 2 amide bonds. The van der Waals surface area contributed by atoms with Crippen molar-refractivity contribution in [1.29, 1.82) is 0 Å². The third kappa shape index (κ3) is 4.40. The van der Waals surface area contributed by atoms with Gasteiger partial charge in [0.25, 0.3) is 5.89 Å². The Kier molecular flexibility index (Phi) is 5.53. The van der Waals surface area contributed by atoms with E-state index in [1.165, 1.54) is 0 Å². The highest BCUT2D eigenvalue weighted by atomic mass is 35.5. The highest BCUT2D eigenvalue weighted by Crippen LogP contribution is 2.24. The number of amides is 2. The maximum atomic E-state index is 11.8. The van der Waals surface area contributed by atoms with Crippen LogP contribution in [0.3, 0.4) is 0 Å². The summed E-state index contributed by atoms with van der Waals surface area (Å²) >= 11 is 5.89. The molecule has 0 fully saturated rings. The fourth-order valence-electron chi connectivity index (χ4n) is 2.25. The molecule has 0 saturated carbocycles. The Labute approximate surface area is 156 Å². The van der Waals surface area contributed by atoms with E-state index in [0.29, 0.717) is 22.4 Å². The van der Waals surface area contributed by atoms with Gasteiger partial charge in [-0.05, 0) is 61.9 Å². The highest BCUT2D eigenvalue weighted by Gasteiger charge is 2.11. The van der Waals surface area contributed by atoms with Gasteiger partial charge in [0.15, 0.2) is 0 Å². The average Bonchev–Trinajstić information content (AvgIpc) is 3.13. The molecule has 0 bridgehead atoms. The maximum absolute atomic E-state index is 11.8. The second kappa shape index (κ2) is 8.01. The van der Waals surface area contributed by atoms with Gasteiger partial charge in [-0.1, -0.05) is 23.7 Å². The van der Waals surface area contributed by atoms with E-state index in [4.69, 9.17) is 16.1 Å². The van der Waals surface area contributed by atoms with E-state index in [1.807, 2.05) is 38.1 Å². The van der Waals surface area contributed by atoms with E-state index in [-0.39, 0.29) is 12.1 Å². The summed E-state index contributed by atoms with van der Waals surface area (Å²) in [6, 6.07) is 14.3. The van der Waals surface area contributed by atoms with Crippen LogP contribution in [0.15, 0.2) is 53.1 Å². The molecule has 26 heavy (non-hydrogen) atoms. The lowest BCUT2D eigenvalue weighted by atomic mass is 10.2. The van der Waals surface area contributed by atoms with Gasteiger partial charge in [0.05, 0.1) is 0 Å². The number of nitrogens with zero attached hydrogens (tertiary/aromatic N) is 2. The summed E-state index contributed by atoms with van der Waals surface area (Å²) in [6.07, 6.45) is 0.875. The Balaban J connectivity index is 1.69. The van der Waals surface area contributed by atoms with Crippen molar-refractivity contribution in [2.24, 2.45) is 0 Å². The van der Waals surface area contributed by atoms with E-state index in [1.54, 1.807) is 24.3 Å². The Morgan fingerprint density at radius 2 is 1.77 bits per heavy atom. The van der Waals surface area contributed by atoms with Crippen molar-refractivity contribution in [3.8, 4) is 22.8 Å². The molecule has 0 radical (unpaired) electrons. The zero-order chi connectivity index (χ0) is 18.5. The quantitative estimate of drug-likeness (QED) is 0.664. The number of aromatic nitrogens is 2. The van der Waals surface area contributed by atoms with E-state index in [9.17, 15) is 4.79 Å². The molecule has 1 unspecified atom stereocenters. The highest BCUT2D eigenvalue weighted by molar-refractivity contribution is 6.30. The Morgan fingerprint density at radius 1 is 1.12 bits per heavy atom. The summed E-state index contributed by atoms with van der Waals surface area (Å²) in [5, 5.41) is 10.3. The van der Waals surface area contributed by atoms with Crippen molar-refractivity contribution in [3.63, 3.8) is 0 Å². The number of carbonyl (C=O) groups is 1. The van der Waals surface area contributed by atoms with Crippen molar-refractivity contribution >= 4 is 23.3 Å². The van der Waals surface area contributed by atoms with E-state index >= 15 is 0 Å². The molecule has 0 aliphatic heterocycles. The van der Waals surface area contributed by atoms with Gasteiger partial charge < -0.3 is 15.2 Å². The fourth-order valence-corrected chi connectivity index (χ4v) is 2.37. The van der Waals surface area contributed by atoms with Gasteiger partial charge in [-0.2, -0.15) is 4.98 Å². The minimum Gasteiger partial charge on any atom is -0.335 e. The van der Waals surface area contributed by atoms with Gasteiger partial charge in [0.1, 0.15) is 0 Å². The van der Waals surface area contributed by atoms with Crippen molar-refractivity contribution in [1.82, 2.24) is 15.5 Å². The molecule has 1 aromatic heterocycles. The van der Waals surface area contributed by atoms with Crippen LogP contribution in [0.5, 0.6) is 0 Å². The number of nitrogens with one attached hydrogen (secondary N) is 2. The third-order valence-electron chi connectivity index (χ3n) is 3.91. The Hall–Kier alpha value is -2.86. The van der Waals surface area contributed by atoms with Crippen LogP contribution in [-0.4, -0.2) is 22.2 Å². The lowest BCUT2D eigenvalue weighted by Gasteiger charge is -2.12. The molecule has 0 spiro atoms. The second-order valence-corrected chi connectivity index (χ2v) is 6.35. The summed E-state index contributed by atoms with van der Waals surface area (Å²) in [7, 11) is 0. The first-order valence-electron chi connectivity index (χ1n) is 8.32. The summed E-state index contributed by atoms with van der Waals surface area (Å²) in [6.45, 7) is 3.97. The van der Waals surface area contributed by atoms with Crippen LogP contribution >= 0.6 is 11.6 Å². The van der Waals surface area contributed by atoms with Crippen LogP contribution in [-0.2, 0) is 0 Å². The van der Waals surface area contributed by atoms with Crippen LogP contribution in [0.1, 0.15) is 20.3 Å². The molecule has 0 aliphatic rings. The monoisotopic (exact) mass is 370 g/mol. The van der Waals surface area contributed by atoms with Crippen LogP contribution < -0.4 is 10.6 Å². The fraction of sp³-hybridized carbons (Fsp3) is 0.211. The molecule has 3 aromatic rings. The van der Waals surface area contributed by atoms with Gasteiger partial charge in [-0.25, -0.2) is 4.79 Å². The molecule has 1 heterocycles. The number of benzene rings is 2. The first-order chi connectivity index (χ1) is 12.5. The molecule has 134 valence electrons. The Bertz CT molecular complexity index is 875. The van der Waals surface area contributed by atoms with Crippen molar-refractivity contribution in [3.05, 3.63) is 53.6 Å². The third-order valence-corrected chi connectivity index (χ3v) is 4.16. The minimum atomic E-state index is -0.225. The first-order valence-corrected chi connectivity index (χ1v) is 8.70. The first kappa shape index (κ1) is 17.9. The standard InChI is InChI=1S/C19H19ClN4O2/c1-3-12(2)21-19(25)22-16-10-6-13(7-11-16)17-23-18(26-24-17)14-4-8-15(20)9-5-14/h4-12H,3H2,1-2H3,(H2,21,22,25). The zero-order valence-corrected chi connectivity index (χ0v) is 15.2. The number of carbonyl (C=O) groups excluding carboxylic acids is 1. The molecule has 7 heteroatoms. The van der Waals surface area contributed by atoms with Crippen LogP contribution in [0.2, 0.25) is 5.02 Å². The van der Waals surface area contributed by atoms with Crippen molar-refractivity contribution in [2.75, 3.05) is 5.32 Å². The topological polar surface area (TPSA) is 80.0 Å². The molecule has 2 N–H and O–H groups in total. The zero-order valence-electron chi connectivity index (χ0n) is 14.5. The van der Waals surface area contributed by atoms with Gasteiger partial charge in [0.2, 0.25) is 5.82 Å². The number of hydrogen-bond acceptors (Lipinski definition) is 4. The number of halogens is 1. The van der Waals surface area contributed by atoms with Crippen LogP contribution in [0.25, 0.3) is 22.8 Å². The SMILES string of the molecule is CCC(C)NC(=O)Nc1ccc(-c2noc(-c3ccc(Cl)cc3)n2)cc1. The minimum absolute atomic E-state index is 0.125. The number of rotatable bonds is 5. The molecule has 3 rings (SSSR count). The summed E-state index contributed by atoms with van der Waals surface area (Å²) < 4.78 is 5.31. The number of urea groups is 1. The number of hydrogen-bond donors (Lipinski definition) is 2. The van der Waals surface area contributed by atoms with E-state index < -0.39 is 0 Å². The predicted octanol–water partition coefficient (Wildman–Crippen LogP) is 4.98. The predicted molar refractivity (Wildman–Crippen MR) is 102 cm³/mol. The lowest BCUT2D eigenvalue weighted by molar-refractivity contribution is 0.249. The maximum Gasteiger partial charge on any atom is 0.319 e. The van der Waals surface area contributed by atoms with Crippen LogP contribution in [0, 0.1) is 0 Å². The van der Waals surface area contributed by atoms with Gasteiger partial charge >= 0.3 is 6.03 Å². The molecular weight excluding hydrogens is 352 g/mol. The molecule has 0 saturated heterocycles. The van der Waals surface area contributed by atoms with Crippen molar-refractivity contribution < 1.29 is 9.32 Å². The molecule has 6 nitrogen and oxygen atoms in total. The van der Waals surface area contributed by atoms with E-state index in [0.717, 1.165) is 17.5 Å². The molecule has 1 atom stereocenters. The van der Waals surface area contributed by atoms with E-state index in [2.05, 4.69) is 20.8 Å². The lowest BCUT2D eigenvalue weighted by Crippen LogP contribution is -2.35. The molecule has 2 aromatic carbocycles.